The third kappa shape index (κ3) is 1.34. The highest BCUT2D eigenvalue weighted by molar-refractivity contribution is 9.11. The van der Waals surface area contributed by atoms with Crippen molar-refractivity contribution in [1.82, 2.24) is 4.98 Å². The number of fused-ring (bicyclic) bond motifs is 1. The van der Waals surface area contributed by atoms with E-state index in [0.717, 1.165) is 11.3 Å². The van der Waals surface area contributed by atoms with Crippen LogP contribution in [0.25, 0.3) is 10.2 Å². The maximum Gasteiger partial charge on any atom is 0.186 e. The summed E-state index contributed by atoms with van der Waals surface area (Å²) in [6.45, 7) is 0. The second-order valence-electron chi connectivity index (χ2n) is 2.30. The number of nitrogens with zero attached hydrogens (tertiary/aromatic N) is 1. The van der Waals surface area contributed by atoms with Crippen LogP contribution in [0.15, 0.2) is 9.98 Å². The van der Waals surface area contributed by atoms with Crippen LogP contribution in [0.3, 0.4) is 0 Å². The number of thiazole rings is 1. The molecule has 0 saturated heterocycles. The fourth-order valence-corrected chi connectivity index (χ4v) is 2.31. The predicted octanol–water partition coefficient (Wildman–Crippen LogP) is 3.48. The highest BCUT2D eigenvalue weighted by atomic mass is 79.9. The lowest BCUT2D eigenvalue weighted by atomic mass is 10.3. The lowest BCUT2D eigenvalue weighted by Gasteiger charge is -1.93. The molecule has 0 amide bonds. The van der Waals surface area contributed by atoms with E-state index in [1.54, 1.807) is 0 Å². The quantitative estimate of drug-likeness (QED) is 0.666. The normalized spacial score (nSPS) is 11.1. The van der Waals surface area contributed by atoms with Crippen LogP contribution in [-0.2, 0) is 0 Å². The highest BCUT2D eigenvalue weighted by Crippen LogP contribution is 2.31. The molecular formula is C7HBrF3NS. The molecule has 0 fully saturated rings. The molecule has 13 heavy (non-hydrogen) atoms. The molecule has 1 nitrogen and oxygen atoms in total. The molecule has 0 atom stereocenters. The second-order valence-corrected chi connectivity index (χ2v) is 4.57. The first-order valence-electron chi connectivity index (χ1n) is 3.19. The Labute approximate surface area is 83.3 Å². The third-order valence-corrected chi connectivity index (χ3v) is 3.00. The van der Waals surface area contributed by atoms with E-state index in [2.05, 4.69) is 20.9 Å². The highest BCUT2D eigenvalue weighted by Gasteiger charge is 2.16. The van der Waals surface area contributed by atoms with Gasteiger partial charge in [-0.25, -0.2) is 18.2 Å². The first-order chi connectivity index (χ1) is 6.09. The van der Waals surface area contributed by atoms with Crippen molar-refractivity contribution in [2.45, 2.75) is 0 Å². The van der Waals surface area contributed by atoms with Crippen molar-refractivity contribution >= 4 is 37.5 Å². The number of benzene rings is 1. The van der Waals surface area contributed by atoms with Crippen LogP contribution in [0.2, 0.25) is 0 Å². The van der Waals surface area contributed by atoms with E-state index in [1.807, 2.05) is 0 Å². The molecule has 6 heteroatoms. The van der Waals surface area contributed by atoms with Gasteiger partial charge in [0.1, 0.15) is 11.3 Å². The number of aromatic nitrogens is 1. The van der Waals surface area contributed by atoms with Gasteiger partial charge >= 0.3 is 0 Å². The van der Waals surface area contributed by atoms with Gasteiger partial charge in [-0.1, -0.05) is 0 Å². The molecule has 0 radical (unpaired) electrons. The minimum Gasteiger partial charge on any atom is -0.226 e. The summed E-state index contributed by atoms with van der Waals surface area (Å²) in [5.74, 6) is -3.13. The Morgan fingerprint density at radius 2 is 1.92 bits per heavy atom. The first kappa shape index (κ1) is 8.96. The molecule has 0 unspecified atom stereocenters. The maximum atomic E-state index is 13.0. The van der Waals surface area contributed by atoms with Crippen LogP contribution in [-0.4, -0.2) is 4.98 Å². The van der Waals surface area contributed by atoms with Gasteiger partial charge in [0.25, 0.3) is 0 Å². The molecule has 0 aliphatic heterocycles. The van der Waals surface area contributed by atoms with Crippen LogP contribution < -0.4 is 0 Å². The van der Waals surface area contributed by atoms with Gasteiger partial charge in [0.2, 0.25) is 0 Å². The molecular weight excluding hydrogens is 267 g/mol. The van der Waals surface area contributed by atoms with Crippen molar-refractivity contribution < 1.29 is 13.2 Å². The van der Waals surface area contributed by atoms with Gasteiger partial charge in [-0.05, 0) is 15.9 Å². The Morgan fingerprint density at radius 1 is 1.23 bits per heavy atom. The average Bonchev–Trinajstić information content (AvgIpc) is 2.44. The Kier molecular flexibility index (Phi) is 2.03. The lowest BCUT2D eigenvalue weighted by Crippen LogP contribution is -1.88. The molecule has 1 aromatic carbocycles. The Morgan fingerprint density at radius 3 is 2.62 bits per heavy atom. The van der Waals surface area contributed by atoms with Crippen molar-refractivity contribution in [3.05, 3.63) is 27.4 Å². The van der Waals surface area contributed by atoms with Crippen molar-refractivity contribution in [1.29, 1.82) is 0 Å². The van der Waals surface area contributed by atoms with Gasteiger partial charge in [0, 0.05) is 6.07 Å². The first-order valence-corrected chi connectivity index (χ1v) is 4.80. The fourth-order valence-electron chi connectivity index (χ4n) is 0.958. The monoisotopic (exact) mass is 267 g/mol. The predicted molar refractivity (Wildman–Crippen MR) is 47.2 cm³/mol. The third-order valence-electron chi connectivity index (χ3n) is 1.49. The summed E-state index contributed by atoms with van der Waals surface area (Å²) in [6, 6.07) is 0.516. The zero-order valence-corrected chi connectivity index (χ0v) is 8.35. The van der Waals surface area contributed by atoms with E-state index < -0.39 is 17.5 Å². The minimum atomic E-state index is -1.22. The minimum absolute atomic E-state index is 0.0192. The number of halogens is 4. The summed E-state index contributed by atoms with van der Waals surface area (Å²) < 4.78 is 39.0. The average molecular weight is 268 g/mol. The van der Waals surface area contributed by atoms with E-state index in [4.69, 9.17) is 0 Å². The second kappa shape index (κ2) is 2.95. The van der Waals surface area contributed by atoms with Gasteiger partial charge in [0.15, 0.2) is 15.6 Å². The zero-order chi connectivity index (χ0) is 9.59. The molecule has 0 aliphatic carbocycles. The van der Waals surface area contributed by atoms with E-state index in [9.17, 15) is 13.2 Å². The molecule has 1 aromatic heterocycles. The van der Waals surface area contributed by atoms with E-state index in [1.165, 1.54) is 0 Å². The van der Waals surface area contributed by atoms with Crippen molar-refractivity contribution in [2.75, 3.05) is 0 Å². The summed E-state index contributed by atoms with van der Waals surface area (Å²) in [7, 11) is 0. The molecule has 2 aromatic rings. The SMILES string of the molecule is Fc1cc(F)c2sc(Br)nc2c1F. The summed E-state index contributed by atoms with van der Waals surface area (Å²) in [4.78, 5) is 3.61. The Hall–Kier alpha value is -0.620. The van der Waals surface area contributed by atoms with Gasteiger partial charge < -0.3 is 0 Å². The molecule has 0 bridgehead atoms. The topological polar surface area (TPSA) is 12.9 Å². The molecule has 0 aliphatic rings. The van der Waals surface area contributed by atoms with Gasteiger partial charge in [-0.3, -0.25) is 0 Å². The van der Waals surface area contributed by atoms with Gasteiger partial charge in [0.05, 0.1) is 4.70 Å². The lowest BCUT2D eigenvalue weighted by molar-refractivity contribution is 0.505. The molecule has 0 saturated carbocycles. The molecule has 1 heterocycles. The number of hydrogen-bond acceptors (Lipinski definition) is 2. The molecule has 0 N–H and O–H groups in total. The number of hydrogen-bond donors (Lipinski definition) is 0. The van der Waals surface area contributed by atoms with Crippen molar-refractivity contribution in [2.24, 2.45) is 0 Å². The molecule has 68 valence electrons. The summed E-state index contributed by atoms with van der Waals surface area (Å²) in [5.41, 5.74) is -0.269. The summed E-state index contributed by atoms with van der Waals surface area (Å²) in [5, 5.41) is 0. The smallest absolute Gasteiger partial charge is 0.186 e. The van der Waals surface area contributed by atoms with Gasteiger partial charge in [-0.15, -0.1) is 11.3 Å². The summed E-state index contributed by atoms with van der Waals surface area (Å²) >= 11 is 3.89. The van der Waals surface area contributed by atoms with Crippen LogP contribution in [0.4, 0.5) is 13.2 Å². The fraction of sp³-hybridized carbons (Fsp3) is 0. The maximum absolute atomic E-state index is 13.0. The van der Waals surface area contributed by atoms with Crippen LogP contribution in [0, 0.1) is 17.5 Å². The van der Waals surface area contributed by atoms with Crippen LogP contribution in [0.5, 0.6) is 0 Å². The standard InChI is InChI=1S/C7HBrF3NS/c8-7-12-5-4(11)2(9)1-3(10)6(5)13-7/h1H. The zero-order valence-electron chi connectivity index (χ0n) is 5.94. The van der Waals surface area contributed by atoms with Crippen molar-refractivity contribution in [3.63, 3.8) is 0 Å². The van der Waals surface area contributed by atoms with Crippen molar-refractivity contribution in [3.8, 4) is 0 Å². The van der Waals surface area contributed by atoms with E-state index in [0.29, 0.717) is 9.98 Å². The van der Waals surface area contributed by atoms with E-state index in [-0.39, 0.29) is 10.2 Å². The van der Waals surface area contributed by atoms with E-state index >= 15 is 0 Å². The van der Waals surface area contributed by atoms with Gasteiger partial charge in [-0.2, -0.15) is 0 Å². The Balaban J connectivity index is 2.95. The molecule has 0 spiro atoms. The largest absolute Gasteiger partial charge is 0.226 e. The number of rotatable bonds is 0. The molecule has 2 rings (SSSR count). The van der Waals surface area contributed by atoms with Crippen LogP contribution in [0.1, 0.15) is 0 Å². The summed E-state index contributed by atoms with van der Waals surface area (Å²) in [6.07, 6.45) is 0. The Bertz CT molecular complexity index is 482. The van der Waals surface area contributed by atoms with Crippen LogP contribution >= 0.6 is 27.3 Å².